The number of aromatic hydroxyl groups is 1. The summed E-state index contributed by atoms with van der Waals surface area (Å²) in [6, 6.07) is 3.48. The first-order valence-corrected chi connectivity index (χ1v) is 5.74. The van der Waals surface area contributed by atoms with Crippen molar-refractivity contribution in [3.8, 4) is 11.5 Å². The Balaban J connectivity index is 2.08. The minimum Gasteiger partial charge on any atom is -0.508 e. The topological polar surface area (TPSA) is 38.7 Å². The van der Waals surface area contributed by atoms with Crippen molar-refractivity contribution >= 4 is 0 Å². The Morgan fingerprint density at radius 2 is 2.25 bits per heavy atom. The summed E-state index contributed by atoms with van der Waals surface area (Å²) in [4.78, 5) is 0. The Morgan fingerprint density at radius 1 is 1.44 bits per heavy atom. The molecule has 86 valence electrons. The monoisotopic (exact) mass is 220 g/mol. The summed E-state index contributed by atoms with van der Waals surface area (Å²) in [5, 5.41) is 9.57. The van der Waals surface area contributed by atoms with Gasteiger partial charge in [0, 0.05) is 18.9 Å². The summed E-state index contributed by atoms with van der Waals surface area (Å²) >= 11 is 0. The highest BCUT2D eigenvalue weighted by molar-refractivity contribution is 5.47. The molecule has 3 rings (SSSR count). The van der Waals surface area contributed by atoms with Gasteiger partial charge < -0.3 is 14.6 Å². The molecule has 0 amide bonds. The third-order valence-electron chi connectivity index (χ3n) is 3.78. The van der Waals surface area contributed by atoms with Crippen LogP contribution in [0.4, 0.5) is 0 Å². The van der Waals surface area contributed by atoms with Crippen LogP contribution in [-0.2, 0) is 11.2 Å². The molecule has 0 saturated carbocycles. The molecule has 2 aliphatic rings. The van der Waals surface area contributed by atoms with Gasteiger partial charge in [0.05, 0.1) is 6.61 Å². The van der Waals surface area contributed by atoms with Gasteiger partial charge in [0.2, 0.25) is 5.79 Å². The van der Waals surface area contributed by atoms with E-state index in [-0.39, 0.29) is 5.75 Å². The third kappa shape index (κ3) is 1.31. The smallest absolute Gasteiger partial charge is 0.210 e. The average Bonchev–Trinajstić information content (AvgIpc) is 2.55. The van der Waals surface area contributed by atoms with Crippen LogP contribution in [0.2, 0.25) is 0 Å². The summed E-state index contributed by atoms with van der Waals surface area (Å²) in [5.74, 6) is 0.977. The van der Waals surface area contributed by atoms with Gasteiger partial charge in [-0.1, -0.05) is 0 Å². The van der Waals surface area contributed by atoms with E-state index >= 15 is 0 Å². The fourth-order valence-corrected chi connectivity index (χ4v) is 2.77. The molecule has 1 N–H and O–H groups in total. The van der Waals surface area contributed by atoms with Crippen LogP contribution >= 0.6 is 0 Å². The van der Waals surface area contributed by atoms with Crippen molar-refractivity contribution < 1.29 is 14.6 Å². The maximum Gasteiger partial charge on any atom is 0.210 e. The van der Waals surface area contributed by atoms with Gasteiger partial charge in [-0.05, 0) is 37.0 Å². The van der Waals surface area contributed by atoms with Crippen molar-refractivity contribution in [3.05, 3.63) is 23.3 Å². The molecule has 0 aromatic heterocycles. The van der Waals surface area contributed by atoms with Gasteiger partial charge in [0.25, 0.3) is 0 Å². The zero-order chi connectivity index (χ0) is 11.3. The Hall–Kier alpha value is -1.22. The maximum absolute atomic E-state index is 9.57. The van der Waals surface area contributed by atoms with Gasteiger partial charge in [0.15, 0.2) is 0 Å². The molecular formula is C13H16O3. The lowest BCUT2D eigenvalue weighted by atomic mass is 9.86. The Bertz CT molecular complexity index is 441. The molecule has 1 aromatic rings. The van der Waals surface area contributed by atoms with Crippen molar-refractivity contribution in [1.82, 2.24) is 0 Å². The number of hydrogen-bond acceptors (Lipinski definition) is 3. The molecule has 3 nitrogen and oxygen atoms in total. The van der Waals surface area contributed by atoms with Crippen LogP contribution in [0.15, 0.2) is 12.1 Å². The molecule has 2 atom stereocenters. The van der Waals surface area contributed by atoms with E-state index in [2.05, 4.69) is 0 Å². The first kappa shape index (κ1) is 9.97. The van der Waals surface area contributed by atoms with Crippen LogP contribution < -0.4 is 4.74 Å². The van der Waals surface area contributed by atoms with Gasteiger partial charge in [0.1, 0.15) is 11.5 Å². The molecule has 1 fully saturated rings. The second-order valence-corrected chi connectivity index (χ2v) is 4.90. The highest BCUT2D eigenvalue weighted by atomic mass is 16.7. The Kier molecular flexibility index (Phi) is 1.96. The van der Waals surface area contributed by atoms with E-state index in [1.165, 1.54) is 5.56 Å². The van der Waals surface area contributed by atoms with Crippen LogP contribution in [0, 0.1) is 12.8 Å². The van der Waals surface area contributed by atoms with E-state index in [9.17, 15) is 5.11 Å². The lowest BCUT2D eigenvalue weighted by Gasteiger charge is -2.37. The molecule has 2 heterocycles. The Morgan fingerprint density at radius 3 is 3.06 bits per heavy atom. The highest BCUT2D eigenvalue weighted by Gasteiger charge is 2.46. The van der Waals surface area contributed by atoms with Crippen molar-refractivity contribution in [1.29, 1.82) is 0 Å². The standard InChI is InChI=1S/C13H16O3/c1-8-5-10(14)7-12-11(8)6-9-3-4-15-13(9,2)16-12/h5,7,9,14H,3-4,6H2,1-2H3/t9-,13+/m0/s1. The van der Waals surface area contributed by atoms with Gasteiger partial charge in [-0.2, -0.15) is 0 Å². The largest absolute Gasteiger partial charge is 0.508 e. The first-order valence-electron chi connectivity index (χ1n) is 5.74. The second kappa shape index (κ2) is 3.14. The van der Waals surface area contributed by atoms with Crippen LogP contribution in [0.25, 0.3) is 0 Å². The van der Waals surface area contributed by atoms with Gasteiger partial charge in [-0.15, -0.1) is 0 Å². The SMILES string of the molecule is Cc1cc(O)cc2c1C[C@@H]1CCO[C@]1(C)O2. The van der Waals surface area contributed by atoms with E-state index in [0.717, 1.165) is 30.8 Å². The summed E-state index contributed by atoms with van der Waals surface area (Å²) in [7, 11) is 0. The fraction of sp³-hybridized carbons (Fsp3) is 0.538. The highest BCUT2D eigenvalue weighted by Crippen LogP contribution is 2.45. The number of hydrogen-bond donors (Lipinski definition) is 1. The van der Waals surface area contributed by atoms with Crippen molar-refractivity contribution in [2.75, 3.05) is 6.61 Å². The minimum atomic E-state index is -0.493. The van der Waals surface area contributed by atoms with Crippen molar-refractivity contribution in [3.63, 3.8) is 0 Å². The maximum atomic E-state index is 9.57. The van der Waals surface area contributed by atoms with Crippen molar-refractivity contribution in [2.45, 2.75) is 32.5 Å². The molecule has 1 aromatic carbocycles. The lowest BCUT2D eigenvalue weighted by molar-refractivity contribution is -0.165. The second-order valence-electron chi connectivity index (χ2n) is 4.90. The normalized spacial score (nSPS) is 31.8. The minimum absolute atomic E-state index is 0.260. The summed E-state index contributed by atoms with van der Waals surface area (Å²) in [6.07, 6.45) is 2.04. The number of ether oxygens (including phenoxy) is 2. The summed E-state index contributed by atoms with van der Waals surface area (Å²) in [5.41, 5.74) is 2.31. The molecule has 0 spiro atoms. The fourth-order valence-electron chi connectivity index (χ4n) is 2.77. The summed E-state index contributed by atoms with van der Waals surface area (Å²) < 4.78 is 11.6. The first-order chi connectivity index (χ1) is 7.58. The summed E-state index contributed by atoms with van der Waals surface area (Å²) in [6.45, 7) is 4.77. The van der Waals surface area contributed by atoms with Gasteiger partial charge in [-0.25, -0.2) is 0 Å². The van der Waals surface area contributed by atoms with Crippen LogP contribution in [-0.4, -0.2) is 17.5 Å². The number of phenolic OH excluding ortho intramolecular Hbond substituents is 1. The molecule has 1 saturated heterocycles. The van der Waals surface area contributed by atoms with E-state index in [1.807, 2.05) is 13.8 Å². The molecule has 0 radical (unpaired) electrons. The number of phenols is 1. The predicted octanol–water partition coefficient (Wildman–Crippen LogP) is 2.39. The molecule has 0 bridgehead atoms. The van der Waals surface area contributed by atoms with E-state index in [1.54, 1.807) is 12.1 Å². The molecule has 16 heavy (non-hydrogen) atoms. The van der Waals surface area contributed by atoms with Gasteiger partial charge in [-0.3, -0.25) is 0 Å². The number of rotatable bonds is 0. The van der Waals surface area contributed by atoms with Crippen LogP contribution in [0.5, 0.6) is 11.5 Å². The molecule has 2 aliphatic heterocycles. The number of fused-ring (bicyclic) bond motifs is 2. The van der Waals surface area contributed by atoms with Crippen molar-refractivity contribution in [2.24, 2.45) is 5.92 Å². The van der Waals surface area contributed by atoms with E-state index in [0.29, 0.717) is 5.92 Å². The van der Waals surface area contributed by atoms with Crippen LogP contribution in [0.1, 0.15) is 24.5 Å². The number of aryl methyl sites for hydroxylation is 1. The average molecular weight is 220 g/mol. The number of benzene rings is 1. The zero-order valence-corrected chi connectivity index (χ0v) is 9.62. The zero-order valence-electron chi connectivity index (χ0n) is 9.62. The molecular weight excluding hydrogens is 204 g/mol. The van der Waals surface area contributed by atoms with Gasteiger partial charge >= 0.3 is 0 Å². The lowest BCUT2D eigenvalue weighted by Crippen LogP contribution is -2.42. The van der Waals surface area contributed by atoms with Crippen LogP contribution in [0.3, 0.4) is 0 Å². The van der Waals surface area contributed by atoms with E-state index < -0.39 is 5.79 Å². The van der Waals surface area contributed by atoms with E-state index in [4.69, 9.17) is 9.47 Å². The molecule has 0 aliphatic carbocycles. The quantitative estimate of drug-likeness (QED) is 0.729. The Labute approximate surface area is 95.0 Å². The third-order valence-corrected chi connectivity index (χ3v) is 3.78. The predicted molar refractivity (Wildman–Crippen MR) is 59.6 cm³/mol. The molecule has 0 unspecified atom stereocenters. The molecule has 3 heteroatoms.